The van der Waals surface area contributed by atoms with Gasteiger partial charge in [-0.2, -0.15) is 0 Å². The van der Waals surface area contributed by atoms with Crippen LogP contribution < -0.4 is 10.9 Å². The van der Waals surface area contributed by atoms with Crippen molar-refractivity contribution in [3.05, 3.63) is 76.7 Å². The van der Waals surface area contributed by atoms with E-state index in [1.54, 1.807) is 30.6 Å². The topological polar surface area (TPSA) is 92.2 Å². The highest BCUT2D eigenvalue weighted by Gasteiger charge is 2.10. The summed E-state index contributed by atoms with van der Waals surface area (Å²) in [6.45, 7) is 0.314. The van der Waals surface area contributed by atoms with Crippen molar-refractivity contribution in [2.75, 3.05) is 0 Å². The first-order valence-corrected chi connectivity index (χ1v) is 7.40. The van der Waals surface area contributed by atoms with Crippen LogP contribution in [0.4, 0.5) is 0 Å². The molecule has 0 fully saturated rings. The number of fused-ring (bicyclic) bond motifs is 2. The number of aromatic amines is 1. The third-order valence-electron chi connectivity index (χ3n) is 3.78. The van der Waals surface area contributed by atoms with Crippen LogP contribution in [-0.4, -0.2) is 25.3 Å². The van der Waals surface area contributed by atoms with Crippen molar-refractivity contribution >= 4 is 22.5 Å². The Morgan fingerprint density at radius 3 is 3.04 bits per heavy atom. The monoisotopic (exact) mass is 319 g/mol. The second-order valence-electron chi connectivity index (χ2n) is 5.30. The van der Waals surface area contributed by atoms with Crippen LogP contribution in [0.5, 0.6) is 0 Å². The number of carbonyl (C=O) groups is 1. The molecule has 0 spiro atoms. The number of amides is 1. The van der Waals surface area contributed by atoms with Gasteiger partial charge in [0.05, 0.1) is 18.4 Å². The highest BCUT2D eigenvalue weighted by Crippen LogP contribution is 2.09. The lowest BCUT2D eigenvalue weighted by Crippen LogP contribution is -2.25. The maximum Gasteiger partial charge on any atom is 0.274 e. The molecule has 0 saturated carbocycles. The highest BCUT2D eigenvalue weighted by molar-refractivity contribution is 5.94. The van der Waals surface area contributed by atoms with Gasteiger partial charge in [0.2, 0.25) is 0 Å². The second-order valence-corrected chi connectivity index (χ2v) is 5.30. The van der Waals surface area contributed by atoms with E-state index in [2.05, 4.69) is 20.3 Å². The van der Waals surface area contributed by atoms with Gasteiger partial charge < -0.3 is 14.7 Å². The summed E-state index contributed by atoms with van der Waals surface area (Å²) in [5, 5.41) is 3.49. The first-order valence-electron chi connectivity index (χ1n) is 7.40. The average Bonchev–Trinajstić information content (AvgIpc) is 3.03. The SMILES string of the molecule is O=C(NCc1cnc2ccccn12)c1ccc2cc[nH]c(=O)c2n1. The molecule has 0 unspecified atom stereocenters. The van der Waals surface area contributed by atoms with Crippen LogP contribution in [-0.2, 0) is 6.54 Å². The zero-order valence-electron chi connectivity index (χ0n) is 12.6. The molecule has 0 radical (unpaired) electrons. The number of hydrogen-bond donors (Lipinski definition) is 2. The quantitative estimate of drug-likeness (QED) is 0.598. The van der Waals surface area contributed by atoms with Crippen molar-refractivity contribution in [2.24, 2.45) is 0 Å². The van der Waals surface area contributed by atoms with Crippen LogP contribution in [0, 0.1) is 0 Å². The molecular formula is C17H13N5O2. The maximum atomic E-state index is 12.3. The van der Waals surface area contributed by atoms with E-state index in [0.29, 0.717) is 11.9 Å². The van der Waals surface area contributed by atoms with Crippen molar-refractivity contribution in [2.45, 2.75) is 6.54 Å². The Morgan fingerprint density at radius 1 is 1.21 bits per heavy atom. The molecule has 118 valence electrons. The van der Waals surface area contributed by atoms with Gasteiger partial charge in [-0.3, -0.25) is 9.59 Å². The summed E-state index contributed by atoms with van der Waals surface area (Å²) in [4.78, 5) is 35.1. The van der Waals surface area contributed by atoms with Gasteiger partial charge in [0.15, 0.2) is 0 Å². The lowest BCUT2D eigenvalue weighted by Gasteiger charge is -2.05. The number of nitrogens with zero attached hydrogens (tertiary/aromatic N) is 3. The lowest BCUT2D eigenvalue weighted by atomic mass is 10.2. The van der Waals surface area contributed by atoms with E-state index in [1.165, 1.54) is 0 Å². The zero-order valence-corrected chi connectivity index (χ0v) is 12.6. The first-order chi connectivity index (χ1) is 11.7. The molecule has 0 aliphatic carbocycles. The minimum Gasteiger partial charge on any atom is -0.345 e. The van der Waals surface area contributed by atoms with Crippen molar-refractivity contribution in [3.63, 3.8) is 0 Å². The van der Waals surface area contributed by atoms with Crippen molar-refractivity contribution in [3.8, 4) is 0 Å². The number of carbonyl (C=O) groups excluding carboxylic acids is 1. The number of nitrogens with one attached hydrogen (secondary N) is 2. The van der Waals surface area contributed by atoms with Gasteiger partial charge in [-0.05, 0) is 24.3 Å². The smallest absolute Gasteiger partial charge is 0.274 e. The molecule has 0 aliphatic rings. The van der Waals surface area contributed by atoms with E-state index in [0.717, 1.165) is 11.3 Å². The van der Waals surface area contributed by atoms with Gasteiger partial charge in [-0.1, -0.05) is 12.1 Å². The van der Waals surface area contributed by atoms with Crippen LogP contribution >= 0.6 is 0 Å². The number of H-pyrrole nitrogens is 1. The molecule has 2 N–H and O–H groups in total. The van der Waals surface area contributed by atoms with Gasteiger partial charge in [-0.25, -0.2) is 9.97 Å². The lowest BCUT2D eigenvalue weighted by molar-refractivity contribution is 0.0945. The predicted octanol–water partition coefficient (Wildman–Crippen LogP) is 1.50. The predicted molar refractivity (Wildman–Crippen MR) is 88.7 cm³/mol. The van der Waals surface area contributed by atoms with Crippen molar-refractivity contribution < 1.29 is 4.79 Å². The summed E-state index contributed by atoms with van der Waals surface area (Å²) in [6, 6.07) is 10.7. The summed E-state index contributed by atoms with van der Waals surface area (Å²) in [5.74, 6) is -0.342. The molecule has 4 aromatic heterocycles. The van der Waals surface area contributed by atoms with Gasteiger partial charge in [0.1, 0.15) is 16.9 Å². The molecular weight excluding hydrogens is 306 g/mol. The Hall–Kier alpha value is -3.48. The summed E-state index contributed by atoms with van der Waals surface area (Å²) in [6.07, 6.45) is 5.16. The van der Waals surface area contributed by atoms with Crippen LogP contribution in [0.3, 0.4) is 0 Å². The minimum atomic E-state index is -0.342. The molecule has 0 aliphatic heterocycles. The Labute approximate surface area is 136 Å². The Morgan fingerprint density at radius 2 is 2.12 bits per heavy atom. The zero-order chi connectivity index (χ0) is 16.5. The number of aromatic nitrogens is 4. The number of pyridine rings is 3. The second kappa shape index (κ2) is 5.62. The van der Waals surface area contributed by atoms with Crippen LogP contribution in [0.15, 0.2) is 59.8 Å². The molecule has 1 amide bonds. The fraction of sp³-hybridized carbons (Fsp3) is 0.0588. The number of hydrogen-bond acceptors (Lipinski definition) is 4. The van der Waals surface area contributed by atoms with Crippen molar-refractivity contribution in [1.82, 2.24) is 24.7 Å². The highest BCUT2D eigenvalue weighted by atomic mass is 16.2. The summed E-state index contributed by atoms with van der Waals surface area (Å²) in [7, 11) is 0. The molecule has 0 bridgehead atoms. The van der Waals surface area contributed by atoms with Gasteiger partial charge >= 0.3 is 0 Å². The van der Waals surface area contributed by atoms with E-state index in [4.69, 9.17) is 0 Å². The van der Waals surface area contributed by atoms with E-state index < -0.39 is 0 Å². The molecule has 24 heavy (non-hydrogen) atoms. The summed E-state index contributed by atoms with van der Waals surface area (Å²) < 4.78 is 1.90. The molecule has 4 heterocycles. The largest absolute Gasteiger partial charge is 0.345 e. The van der Waals surface area contributed by atoms with Gasteiger partial charge in [-0.15, -0.1) is 0 Å². The number of rotatable bonds is 3. The van der Waals surface area contributed by atoms with E-state index in [9.17, 15) is 9.59 Å². The summed E-state index contributed by atoms with van der Waals surface area (Å²) in [5.41, 5.74) is 1.81. The van der Waals surface area contributed by atoms with Crippen LogP contribution in [0.25, 0.3) is 16.6 Å². The molecule has 4 aromatic rings. The minimum absolute atomic E-state index is 0.202. The van der Waals surface area contributed by atoms with E-state index in [1.807, 2.05) is 28.8 Å². The molecule has 0 atom stereocenters. The first kappa shape index (κ1) is 14.1. The fourth-order valence-corrected chi connectivity index (χ4v) is 2.57. The Bertz CT molecular complexity index is 1110. The maximum absolute atomic E-state index is 12.3. The summed E-state index contributed by atoms with van der Waals surface area (Å²) >= 11 is 0. The van der Waals surface area contributed by atoms with Crippen LogP contribution in [0.1, 0.15) is 16.2 Å². The molecule has 0 aromatic carbocycles. The molecule has 4 rings (SSSR count). The third-order valence-corrected chi connectivity index (χ3v) is 3.78. The van der Waals surface area contributed by atoms with Crippen LogP contribution in [0.2, 0.25) is 0 Å². The van der Waals surface area contributed by atoms with E-state index in [-0.39, 0.29) is 22.7 Å². The normalized spacial score (nSPS) is 11.0. The average molecular weight is 319 g/mol. The Balaban J connectivity index is 1.58. The van der Waals surface area contributed by atoms with Crippen molar-refractivity contribution in [1.29, 1.82) is 0 Å². The third kappa shape index (κ3) is 2.41. The number of imidazole rings is 1. The fourth-order valence-electron chi connectivity index (χ4n) is 2.57. The molecule has 7 nitrogen and oxygen atoms in total. The standard InChI is InChI=1S/C17H13N5O2/c23-16(13-5-4-11-6-7-18-17(24)15(11)21-13)20-10-12-9-19-14-3-1-2-8-22(12)14/h1-9H,10H2,(H,18,24)(H,20,23). The van der Waals surface area contributed by atoms with Gasteiger partial charge in [0.25, 0.3) is 11.5 Å². The molecule has 7 heteroatoms. The van der Waals surface area contributed by atoms with Gasteiger partial charge in [0, 0.05) is 17.8 Å². The Kier molecular flexibility index (Phi) is 3.31. The van der Waals surface area contributed by atoms with E-state index >= 15 is 0 Å². The molecule has 0 saturated heterocycles.